The Bertz CT molecular complexity index is 478. The number of nitrogens with one attached hydrogen (secondary N) is 1. The molecule has 0 amide bonds. The molecule has 2 heterocycles. The van der Waals surface area contributed by atoms with E-state index in [4.69, 9.17) is 0 Å². The number of hydrogen-bond donors (Lipinski definition) is 1. The first-order chi connectivity index (χ1) is 9.11. The summed E-state index contributed by atoms with van der Waals surface area (Å²) in [6.07, 6.45) is 3.82. The molecule has 3 rings (SSSR count). The van der Waals surface area contributed by atoms with Gasteiger partial charge in [0.25, 0.3) is 0 Å². The van der Waals surface area contributed by atoms with E-state index in [0.29, 0.717) is 6.04 Å². The molecule has 0 saturated carbocycles. The van der Waals surface area contributed by atoms with Crippen LogP contribution < -0.4 is 10.2 Å². The fraction of sp³-hybridized carbons (Fsp3) is 0.571. The van der Waals surface area contributed by atoms with Gasteiger partial charge in [0.05, 0.1) is 5.69 Å². The molecule has 2 bridgehead atoms. The fourth-order valence-electron chi connectivity index (χ4n) is 3.52. The van der Waals surface area contributed by atoms with Gasteiger partial charge in [-0.3, -0.25) is 0 Å². The number of piperidine rings is 1. The lowest BCUT2D eigenvalue weighted by atomic mass is 9.96. The highest BCUT2D eigenvalue weighted by Gasteiger charge is 2.41. The Hall–Kier alpha value is -1.23. The van der Waals surface area contributed by atoms with Gasteiger partial charge in [0.2, 0.25) is 0 Å². The maximum atomic E-state index is 13.9. The largest absolute Gasteiger partial charge is 0.363 e. The lowest BCUT2D eigenvalue weighted by molar-refractivity contribution is 0.367. The molecule has 0 spiro atoms. The normalized spacial score (nSPS) is 29.9. The molecule has 0 aromatic heterocycles. The van der Waals surface area contributed by atoms with Crippen LogP contribution in [0.4, 0.5) is 18.9 Å². The Morgan fingerprint density at radius 1 is 1.05 bits per heavy atom. The molecule has 5 heteroatoms. The van der Waals surface area contributed by atoms with E-state index >= 15 is 0 Å². The van der Waals surface area contributed by atoms with Crippen LogP contribution >= 0.6 is 0 Å². The van der Waals surface area contributed by atoms with Gasteiger partial charge < -0.3 is 10.2 Å². The van der Waals surface area contributed by atoms with Gasteiger partial charge in [-0.25, -0.2) is 13.2 Å². The Morgan fingerprint density at radius 2 is 1.68 bits per heavy atom. The predicted molar refractivity (Wildman–Crippen MR) is 67.7 cm³/mol. The van der Waals surface area contributed by atoms with E-state index in [0.717, 1.165) is 31.7 Å². The van der Waals surface area contributed by atoms with E-state index in [1.807, 2.05) is 11.9 Å². The summed E-state index contributed by atoms with van der Waals surface area (Å²) in [5.74, 6) is -3.55. The monoisotopic (exact) mass is 270 g/mol. The van der Waals surface area contributed by atoms with Crippen molar-refractivity contribution < 1.29 is 13.2 Å². The summed E-state index contributed by atoms with van der Waals surface area (Å²) in [5, 5.41) is 3.26. The van der Waals surface area contributed by atoms with Crippen molar-refractivity contribution in [1.29, 1.82) is 0 Å². The van der Waals surface area contributed by atoms with Gasteiger partial charge in [-0.1, -0.05) is 0 Å². The van der Waals surface area contributed by atoms with Crippen molar-refractivity contribution in [2.45, 2.75) is 43.8 Å². The van der Waals surface area contributed by atoms with Crippen molar-refractivity contribution in [3.8, 4) is 0 Å². The van der Waals surface area contributed by atoms with Crippen molar-refractivity contribution in [3.63, 3.8) is 0 Å². The second-order valence-electron chi connectivity index (χ2n) is 5.44. The smallest absolute Gasteiger partial charge is 0.196 e. The maximum Gasteiger partial charge on any atom is 0.196 e. The van der Waals surface area contributed by atoms with Gasteiger partial charge in [-0.15, -0.1) is 0 Å². The van der Waals surface area contributed by atoms with Crippen LogP contribution in [0.25, 0.3) is 0 Å². The van der Waals surface area contributed by atoms with Crippen molar-refractivity contribution in [1.82, 2.24) is 5.32 Å². The van der Waals surface area contributed by atoms with Crippen molar-refractivity contribution in [3.05, 3.63) is 29.6 Å². The summed E-state index contributed by atoms with van der Waals surface area (Å²) in [5.41, 5.74) is 0.209. The van der Waals surface area contributed by atoms with Gasteiger partial charge in [-0.2, -0.15) is 0 Å². The average Bonchev–Trinajstić information content (AvgIpc) is 2.67. The molecule has 2 fully saturated rings. The van der Waals surface area contributed by atoms with E-state index in [-0.39, 0.29) is 17.8 Å². The second-order valence-corrected chi connectivity index (χ2v) is 5.44. The average molecular weight is 270 g/mol. The van der Waals surface area contributed by atoms with Crippen LogP contribution in [-0.2, 0) is 0 Å². The minimum absolute atomic E-state index is 0.209. The third kappa shape index (κ3) is 2.00. The number of benzene rings is 1. The summed E-state index contributed by atoms with van der Waals surface area (Å²) >= 11 is 0. The number of fused-ring (bicyclic) bond motifs is 2. The molecule has 2 aliphatic heterocycles. The molecule has 1 aromatic rings. The highest BCUT2D eigenvalue weighted by Crippen LogP contribution is 2.40. The van der Waals surface area contributed by atoms with Gasteiger partial charge in [-0.05, 0) is 44.9 Å². The van der Waals surface area contributed by atoms with Crippen LogP contribution in [0.3, 0.4) is 0 Å². The van der Waals surface area contributed by atoms with Crippen molar-refractivity contribution >= 4 is 5.69 Å². The number of anilines is 1. The molecule has 2 unspecified atom stereocenters. The summed E-state index contributed by atoms with van der Waals surface area (Å²) in [7, 11) is 1.93. The van der Waals surface area contributed by atoms with E-state index in [9.17, 15) is 13.2 Å². The maximum absolute atomic E-state index is 13.9. The molecule has 2 aliphatic rings. The van der Waals surface area contributed by atoms with E-state index in [1.165, 1.54) is 6.07 Å². The summed E-state index contributed by atoms with van der Waals surface area (Å²) in [6, 6.07) is 3.24. The van der Waals surface area contributed by atoms with Crippen LogP contribution in [0.1, 0.15) is 25.7 Å². The first-order valence-electron chi connectivity index (χ1n) is 6.71. The minimum Gasteiger partial charge on any atom is -0.363 e. The Labute approximate surface area is 110 Å². The number of hydrogen-bond acceptors (Lipinski definition) is 2. The zero-order valence-corrected chi connectivity index (χ0v) is 10.8. The highest BCUT2D eigenvalue weighted by atomic mass is 19.2. The Balaban J connectivity index is 1.94. The zero-order chi connectivity index (χ0) is 13.6. The quantitative estimate of drug-likeness (QED) is 0.831. The highest BCUT2D eigenvalue weighted by molar-refractivity contribution is 5.52. The Morgan fingerprint density at radius 3 is 2.26 bits per heavy atom. The molecule has 0 aliphatic carbocycles. The molecule has 2 nitrogen and oxygen atoms in total. The first kappa shape index (κ1) is 12.8. The standard InChI is InChI=1S/C14H17F3N2/c1-18-8-6-9-2-3-10(7-8)19(9)12-5-4-11(15)13(16)14(12)17/h4-5,8-10,18H,2-3,6-7H2,1H3. The van der Waals surface area contributed by atoms with Crippen LogP contribution in [0.15, 0.2) is 12.1 Å². The summed E-state index contributed by atoms with van der Waals surface area (Å²) in [6.45, 7) is 0. The van der Waals surface area contributed by atoms with Gasteiger partial charge in [0.15, 0.2) is 17.5 Å². The second kappa shape index (κ2) is 4.71. The number of nitrogens with zero attached hydrogens (tertiary/aromatic N) is 1. The number of halogens is 3. The van der Waals surface area contributed by atoms with Gasteiger partial charge >= 0.3 is 0 Å². The third-order valence-corrected chi connectivity index (χ3v) is 4.43. The lowest BCUT2D eigenvalue weighted by Crippen LogP contribution is -2.48. The third-order valence-electron chi connectivity index (χ3n) is 4.43. The molecule has 1 aromatic carbocycles. The summed E-state index contributed by atoms with van der Waals surface area (Å²) in [4.78, 5) is 1.95. The van der Waals surface area contributed by atoms with Crippen LogP contribution in [0.2, 0.25) is 0 Å². The molecule has 2 saturated heterocycles. The molecular formula is C14H17F3N2. The predicted octanol–water partition coefficient (Wildman–Crippen LogP) is 2.82. The first-order valence-corrected chi connectivity index (χ1v) is 6.71. The molecule has 2 atom stereocenters. The molecule has 1 N–H and O–H groups in total. The topological polar surface area (TPSA) is 15.3 Å². The van der Waals surface area contributed by atoms with E-state index in [2.05, 4.69) is 5.32 Å². The fourth-order valence-corrected chi connectivity index (χ4v) is 3.52. The SMILES string of the molecule is CNC1CC2CCC(C1)N2c1ccc(F)c(F)c1F. The summed E-state index contributed by atoms with van der Waals surface area (Å²) < 4.78 is 40.3. The van der Waals surface area contributed by atoms with E-state index in [1.54, 1.807) is 0 Å². The molecule has 104 valence electrons. The molecular weight excluding hydrogens is 253 g/mol. The van der Waals surface area contributed by atoms with Gasteiger partial charge in [0.1, 0.15) is 0 Å². The van der Waals surface area contributed by atoms with Crippen molar-refractivity contribution in [2.24, 2.45) is 0 Å². The van der Waals surface area contributed by atoms with E-state index < -0.39 is 17.5 Å². The number of rotatable bonds is 2. The molecule has 19 heavy (non-hydrogen) atoms. The van der Waals surface area contributed by atoms with Crippen LogP contribution in [0, 0.1) is 17.5 Å². The Kier molecular flexibility index (Phi) is 3.17. The van der Waals surface area contributed by atoms with Gasteiger partial charge in [0, 0.05) is 18.1 Å². The van der Waals surface area contributed by atoms with Crippen molar-refractivity contribution in [2.75, 3.05) is 11.9 Å². The minimum atomic E-state index is -1.37. The lowest BCUT2D eigenvalue weighted by Gasteiger charge is -2.40. The van der Waals surface area contributed by atoms with Crippen LogP contribution in [-0.4, -0.2) is 25.2 Å². The zero-order valence-electron chi connectivity index (χ0n) is 10.8. The molecule has 0 radical (unpaired) electrons. The van der Waals surface area contributed by atoms with Crippen LogP contribution in [0.5, 0.6) is 0 Å².